The van der Waals surface area contributed by atoms with Gasteiger partial charge in [-0.1, -0.05) is 15.9 Å². The Labute approximate surface area is 115 Å². The quantitative estimate of drug-likeness (QED) is 0.930. The van der Waals surface area contributed by atoms with Gasteiger partial charge in [-0.25, -0.2) is 4.39 Å². The van der Waals surface area contributed by atoms with Crippen LogP contribution in [0, 0.1) is 5.82 Å². The lowest BCUT2D eigenvalue weighted by Gasteiger charge is -2.30. The Morgan fingerprint density at radius 2 is 2.22 bits per heavy atom. The van der Waals surface area contributed by atoms with Gasteiger partial charge in [-0.2, -0.15) is 0 Å². The number of nitrogens with two attached hydrogens (primary N) is 1. The normalized spacial score (nSPS) is 19.5. The van der Waals surface area contributed by atoms with Crippen LogP contribution in [0.5, 0.6) is 0 Å². The third kappa shape index (κ3) is 3.29. The lowest BCUT2D eigenvalue weighted by molar-refractivity contribution is 0.132. The number of benzene rings is 1. The van der Waals surface area contributed by atoms with Crippen LogP contribution in [0.3, 0.4) is 0 Å². The van der Waals surface area contributed by atoms with Crippen molar-refractivity contribution in [1.82, 2.24) is 4.90 Å². The molecule has 2 rings (SSSR count). The van der Waals surface area contributed by atoms with E-state index in [0.717, 1.165) is 36.2 Å². The van der Waals surface area contributed by atoms with Gasteiger partial charge in [0, 0.05) is 36.8 Å². The molecule has 1 aromatic carbocycles. The van der Waals surface area contributed by atoms with Crippen LogP contribution in [0.15, 0.2) is 22.7 Å². The molecule has 0 aromatic heterocycles. The van der Waals surface area contributed by atoms with Crippen LogP contribution in [0.1, 0.15) is 18.0 Å². The van der Waals surface area contributed by atoms with Crippen molar-refractivity contribution >= 4 is 15.9 Å². The molecule has 0 saturated carbocycles. The smallest absolute Gasteiger partial charge is 0.123 e. The minimum absolute atomic E-state index is 0.0387. The molecule has 2 N–H and O–H groups in total. The third-order valence-corrected chi connectivity index (χ3v) is 3.96. The predicted octanol–water partition coefficient (Wildman–Crippen LogP) is 2.31. The Bertz CT molecular complexity index is 395. The zero-order valence-electron chi connectivity index (χ0n) is 10.2. The van der Waals surface area contributed by atoms with E-state index in [0.29, 0.717) is 13.2 Å². The molecule has 1 aromatic rings. The highest BCUT2D eigenvalue weighted by Gasteiger charge is 2.22. The van der Waals surface area contributed by atoms with Crippen molar-refractivity contribution in [3.05, 3.63) is 34.1 Å². The van der Waals surface area contributed by atoms with Crippen molar-refractivity contribution in [1.29, 1.82) is 0 Å². The standard InChI is InChI=1S/C13H18BrFN2O/c14-12-3-2-10(15)8-11(12)13(9-16)17-4-1-6-18-7-5-17/h2-3,8,13H,1,4-7,9,16H2. The average Bonchev–Trinajstić information content (AvgIpc) is 2.64. The van der Waals surface area contributed by atoms with E-state index < -0.39 is 0 Å². The molecule has 1 unspecified atom stereocenters. The summed E-state index contributed by atoms with van der Waals surface area (Å²) >= 11 is 3.48. The molecule has 0 bridgehead atoms. The molecule has 0 amide bonds. The summed E-state index contributed by atoms with van der Waals surface area (Å²) in [7, 11) is 0. The highest BCUT2D eigenvalue weighted by atomic mass is 79.9. The van der Waals surface area contributed by atoms with Gasteiger partial charge in [0.2, 0.25) is 0 Å². The van der Waals surface area contributed by atoms with Crippen LogP contribution in [-0.4, -0.2) is 37.7 Å². The Balaban J connectivity index is 2.23. The van der Waals surface area contributed by atoms with E-state index in [1.54, 1.807) is 12.1 Å². The summed E-state index contributed by atoms with van der Waals surface area (Å²) in [4.78, 5) is 2.27. The summed E-state index contributed by atoms with van der Waals surface area (Å²) < 4.78 is 19.7. The summed E-state index contributed by atoms with van der Waals surface area (Å²) in [5, 5.41) is 0. The molecule has 1 fully saturated rings. The van der Waals surface area contributed by atoms with Gasteiger partial charge in [0.25, 0.3) is 0 Å². The van der Waals surface area contributed by atoms with Crippen LogP contribution >= 0.6 is 15.9 Å². The Kier molecular flexibility index (Phi) is 5.12. The maximum atomic E-state index is 13.4. The van der Waals surface area contributed by atoms with Crippen molar-refractivity contribution in [2.75, 3.05) is 32.8 Å². The number of halogens is 2. The van der Waals surface area contributed by atoms with Gasteiger partial charge in [-0.05, 0) is 30.2 Å². The van der Waals surface area contributed by atoms with Gasteiger partial charge in [-0.3, -0.25) is 4.90 Å². The molecule has 0 aliphatic carbocycles. The monoisotopic (exact) mass is 316 g/mol. The second-order valence-corrected chi connectivity index (χ2v) is 5.27. The first-order valence-corrected chi connectivity index (χ1v) is 6.98. The first-order valence-electron chi connectivity index (χ1n) is 6.19. The highest BCUT2D eigenvalue weighted by Crippen LogP contribution is 2.28. The molecule has 1 aliphatic rings. The minimum atomic E-state index is -0.224. The summed E-state index contributed by atoms with van der Waals surface area (Å²) in [5.41, 5.74) is 6.80. The fourth-order valence-corrected chi connectivity index (χ4v) is 2.83. The number of rotatable bonds is 3. The van der Waals surface area contributed by atoms with Crippen LogP contribution in [0.25, 0.3) is 0 Å². The molecule has 1 aliphatic heterocycles. The molecule has 5 heteroatoms. The van der Waals surface area contributed by atoms with E-state index in [1.807, 2.05) is 0 Å². The van der Waals surface area contributed by atoms with E-state index in [4.69, 9.17) is 10.5 Å². The van der Waals surface area contributed by atoms with Crippen molar-refractivity contribution in [3.63, 3.8) is 0 Å². The first kappa shape index (κ1) is 13.9. The zero-order valence-corrected chi connectivity index (χ0v) is 11.8. The summed E-state index contributed by atoms with van der Waals surface area (Å²) in [6.07, 6.45) is 0.990. The molecule has 3 nitrogen and oxygen atoms in total. The van der Waals surface area contributed by atoms with E-state index in [2.05, 4.69) is 20.8 Å². The van der Waals surface area contributed by atoms with Crippen molar-refractivity contribution in [2.45, 2.75) is 12.5 Å². The molecule has 1 saturated heterocycles. The Morgan fingerprint density at radius 3 is 3.00 bits per heavy atom. The first-order chi connectivity index (χ1) is 8.72. The van der Waals surface area contributed by atoms with Crippen molar-refractivity contribution in [2.24, 2.45) is 5.73 Å². The maximum absolute atomic E-state index is 13.4. The van der Waals surface area contributed by atoms with E-state index in [9.17, 15) is 4.39 Å². The number of hydrogen-bond donors (Lipinski definition) is 1. The minimum Gasteiger partial charge on any atom is -0.380 e. The number of ether oxygens (including phenoxy) is 1. The van der Waals surface area contributed by atoms with Crippen molar-refractivity contribution in [3.8, 4) is 0 Å². The van der Waals surface area contributed by atoms with Gasteiger partial charge < -0.3 is 10.5 Å². The van der Waals surface area contributed by atoms with E-state index in [-0.39, 0.29) is 11.9 Å². The maximum Gasteiger partial charge on any atom is 0.123 e. The fraction of sp³-hybridized carbons (Fsp3) is 0.538. The van der Waals surface area contributed by atoms with Gasteiger partial charge in [-0.15, -0.1) is 0 Å². The molecule has 0 spiro atoms. The highest BCUT2D eigenvalue weighted by molar-refractivity contribution is 9.10. The van der Waals surface area contributed by atoms with Gasteiger partial charge in [0.1, 0.15) is 5.82 Å². The fourth-order valence-electron chi connectivity index (χ4n) is 2.32. The zero-order chi connectivity index (χ0) is 13.0. The lowest BCUT2D eigenvalue weighted by Crippen LogP contribution is -2.35. The van der Waals surface area contributed by atoms with Crippen LogP contribution in [0.4, 0.5) is 4.39 Å². The molecular formula is C13H18BrFN2O. The molecular weight excluding hydrogens is 299 g/mol. The summed E-state index contributed by atoms with van der Waals surface area (Å²) in [6, 6.07) is 4.79. The second-order valence-electron chi connectivity index (χ2n) is 4.42. The van der Waals surface area contributed by atoms with Gasteiger partial charge in [0.05, 0.1) is 6.61 Å². The molecule has 1 atom stereocenters. The topological polar surface area (TPSA) is 38.5 Å². The number of hydrogen-bond acceptors (Lipinski definition) is 3. The Morgan fingerprint density at radius 1 is 1.39 bits per heavy atom. The van der Waals surface area contributed by atoms with Crippen LogP contribution in [0.2, 0.25) is 0 Å². The van der Waals surface area contributed by atoms with Crippen molar-refractivity contribution < 1.29 is 9.13 Å². The molecule has 0 radical (unpaired) electrons. The van der Waals surface area contributed by atoms with Gasteiger partial charge in [0.15, 0.2) is 0 Å². The second kappa shape index (κ2) is 6.61. The van der Waals surface area contributed by atoms with Gasteiger partial charge >= 0.3 is 0 Å². The molecule has 18 heavy (non-hydrogen) atoms. The summed E-state index contributed by atoms with van der Waals surface area (Å²) in [6.45, 7) is 3.75. The van der Waals surface area contributed by atoms with Crippen LogP contribution < -0.4 is 5.73 Å². The average molecular weight is 317 g/mol. The van der Waals surface area contributed by atoms with E-state index in [1.165, 1.54) is 6.07 Å². The third-order valence-electron chi connectivity index (χ3n) is 3.24. The summed E-state index contributed by atoms with van der Waals surface area (Å²) in [5.74, 6) is -0.224. The molecule has 100 valence electrons. The SMILES string of the molecule is NCC(c1cc(F)ccc1Br)N1CCCOCC1. The number of nitrogens with zero attached hydrogens (tertiary/aromatic N) is 1. The molecule has 1 heterocycles. The van der Waals surface area contributed by atoms with E-state index >= 15 is 0 Å². The lowest BCUT2D eigenvalue weighted by atomic mass is 10.0. The predicted molar refractivity (Wildman–Crippen MR) is 72.9 cm³/mol. The Hall–Kier alpha value is -0.490. The largest absolute Gasteiger partial charge is 0.380 e. The van der Waals surface area contributed by atoms with Crippen LogP contribution in [-0.2, 0) is 4.74 Å².